The van der Waals surface area contributed by atoms with E-state index in [0.29, 0.717) is 5.56 Å². The predicted molar refractivity (Wildman–Crippen MR) is 89.7 cm³/mol. The average molecular weight is 345 g/mol. The minimum absolute atomic E-state index is 0.0340. The van der Waals surface area contributed by atoms with Crippen LogP contribution in [0.25, 0.3) is 0 Å². The number of carbonyl (C=O) groups excluding carboxylic acids is 1. The van der Waals surface area contributed by atoms with E-state index in [0.717, 1.165) is 33.4 Å². The van der Waals surface area contributed by atoms with Crippen molar-refractivity contribution in [1.29, 1.82) is 0 Å². The number of rotatable bonds is 1. The molecule has 1 aliphatic rings. The van der Waals surface area contributed by atoms with E-state index in [9.17, 15) is 4.79 Å². The minimum atomic E-state index is 0.0340. The molecule has 0 bridgehead atoms. The molecule has 0 radical (unpaired) electrons. The highest BCUT2D eigenvalue weighted by molar-refractivity contribution is 9.10. The highest BCUT2D eigenvalue weighted by Crippen LogP contribution is 2.35. The monoisotopic (exact) mass is 344 g/mol. The molecule has 0 aromatic heterocycles. The molecule has 1 amide bonds. The van der Waals surface area contributed by atoms with Gasteiger partial charge in [0.1, 0.15) is 0 Å². The van der Waals surface area contributed by atoms with E-state index >= 15 is 0 Å². The normalized spacial score (nSPS) is 16.9. The molecular formula is C17H17BrN2O. The maximum atomic E-state index is 12.8. The zero-order valence-corrected chi connectivity index (χ0v) is 13.6. The van der Waals surface area contributed by atoms with Crippen LogP contribution in [-0.4, -0.2) is 11.9 Å². The number of nitrogens with two attached hydrogens (primary N) is 1. The number of nitrogen functional groups attached to an aromatic ring is 1. The average Bonchev–Trinajstić information content (AvgIpc) is 2.76. The molecule has 1 unspecified atom stereocenters. The van der Waals surface area contributed by atoms with Gasteiger partial charge in [0.05, 0.1) is 0 Å². The van der Waals surface area contributed by atoms with Crippen LogP contribution < -0.4 is 10.6 Å². The Balaban J connectivity index is 2.00. The van der Waals surface area contributed by atoms with E-state index in [1.54, 1.807) is 0 Å². The standard InChI is InChI=1S/C17H17BrN2O/c1-10-3-4-12(9-15(10)18)17(21)20-11(2)7-13-8-14(19)5-6-16(13)20/h3-6,8-9,11H,7,19H2,1-2H3. The summed E-state index contributed by atoms with van der Waals surface area (Å²) in [7, 11) is 0. The first-order valence-corrected chi connectivity index (χ1v) is 7.75. The van der Waals surface area contributed by atoms with Crippen LogP contribution in [0.1, 0.15) is 28.4 Å². The fourth-order valence-electron chi connectivity index (χ4n) is 2.83. The molecule has 21 heavy (non-hydrogen) atoms. The topological polar surface area (TPSA) is 46.3 Å². The Hall–Kier alpha value is -1.81. The number of hydrogen-bond donors (Lipinski definition) is 1. The van der Waals surface area contributed by atoms with Gasteiger partial charge < -0.3 is 10.6 Å². The van der Waals surface area contributed by atoms with Gasteiger partial charge in [-0.2, -0.15) is 0 Å². The Bertz CT molecular complexity index is 727. The van der Waals surface area contributed by atoms with Crippen molar-refractivity contribution in [3.05, 3.63) is 57.6 Å². The van der Waals surface area contributed by atoms with Crippen molar-refractivity contribution < 1.29 is 4.79 Å². The van der Waals surface area contributed by atoms with Crippen LogP contribution in [0.15, 0.2) is 40.9 Å². The van der Waals surface area contributed by atoms with E-state index in [1.165, 1.54) is 0 Å². The fourth-order valence-corrected chi connectivity index (χ4v) is 3.20. The van der Waals surface area contributed by atoms with E-state index < -0.39 is 0 Å². The Kier molecular flexibility index (Phi) is 3.49. The number of anilines is 2. The summed E-state index contributed by atoms with van der Waals surface area (Å²) in [5.41, 5.74) is 10.5. The van der Waals surface area contributed by atoms with Crippen molar-refractivity contribution in [1.82, 2.24) is 0 Å². The highest BCUT2D eigenvalue weighted by atomic mass is 79.9. The number of fused-ring (bicyclic) bond motifs is 1. The lowest BCUT2D eigenvalue weighted by atomic mass is 10.1. The van der Waals surface area contributed by atoms with Crippen LogP contribution in [0, 0.1) is 6.92 Å². The van der Waals surface area contributed by atoms with Gasteiger partial charge in [0, 0.05) is 27.5 Å². The molecule has 0 aliphatic carbocycles. The third-order valence-electron chi connectivity index (χ3n) is 3.96. The molecule has 0 saturated carbocycles. The second-order valence-electron chi connectivity index (χ2n) is 5.58. The molecule has 1 aliphatic heterocycles. The summed E-state index contributed by atoms with van der Waals surface area (Å²) in [4.78, 5) is 14.7. The number of carbonyl (C=O) groups is 1. The molecular weight excluding hydrogens is 328 g/mol. The van der Waals surface area contributed by atoms with Crippen molar-refractivity contribution in [2.24, 2.45) is 0 Å². The minimum Gasteiger partial charge on any atom is -0.399 e. The van der Waals surface area contributed by atoms with Crippen LogP contribution in [0.4, 0.5) is 11.4 Å². The summed E-state index contributed by atoms with van der Waals surface area (Å²) in [6, 6.07) is 11.6. The third kappa shape index (κ3) is 2.44. The van der Waals surface area contributed by atoms with Gasteiger partial charge in [-0.3, -0.25) is 4.79 Å². The van der Waals surface area contributed by atoms with Crippen molar-refractivity contribution in [2.45, 2.75) is 26.3 Å². The summed E-state index contributed by atoms with van der Waals surface area (Å²) in [6.45, 7) is 4.08. The van der Waals surface area contributed by atoms with Gasteiger partial charge in [-0.25, -0.2) is 0 Å². The summed E-state index contributed by atoms with van der Waals surface area (Å²) in [5.74, 6) is 0.0340. The predicted octanol–water partition coefficient (Wildman–Crippen LogP) is 3.93. The molecule has 3 nitrogen and oxygen atoms in total. The van der Waals surface area contributed by atoms with Crippen LogP contribution in [0.5, 0.6) is 0 Å². The number of benzene rings is 2. The smallest absolute Gasteiger partial charge is 0.258 e. The first kappa shape index (κ1) is 14.1. The second-order valence-corrected chi connectivity index (χ2v) is 6.43. The highest BCUT2D eigenvalue weighted by Gasteiger charge is 2.31. The van der Waals surface area contributed by atoms with Gasteiger partial charge in [0.15, 0.2) is 0 Å². The first-order chi connectivity index (χ1) is 9.97. The molecule has 0 fully saturated rings. The molecule has 0 spiro atoms. The molecule has 1 heterocycles. The Morgan fingerprint density at radius 3 is 2.76 bits per heavy atom. The van der Waals surface area contributed by atoms with Gasteiger partial charge in [-0.15, -0.1) is 0 Å². The van der Waals surface area contributed by atoms with Crippen LogP contribution in [-0.2, 0) is 6.42 Å². The van der Waals surface area contributed by atoms with E-state index in [1.807, 2.05) is 48.2 Å². The second kappa shape index (κ2) is 5.19. The number of halogens is 1. The number of aryl methyl sites for hydroxylation is 1. The van der Waals surface area contributed by atoms with Gasteiger partial charge in [0.25, 0.3) is 5.91 Å². The lowest BCUT2D eigenvalue weighted by Crippen LogP contribution is -2.35. The number of nitrogens with zero attached hydrogens (tertiary/aromatic N) is 1. The largest absolute Gasteiger partial charge is 0.399 e. The van der Waals surface area contributed by atoms with Crippen molar-refractivity contribution in [3.8, 4) is 0 Å². The van der Waals surface area contributed by atoms with Crippen LogP contribution in [0.2, 0.25) is 0 Å². The molecule has 0 saturated heterocycles. The van der Waals surface area contributed by atoms with Crippen molar-refractivity contribution >= 4 is 33.2 Å². The van der Waals surface area contributed by atoms with Crippen molar-refractivity contribution in [2.75, 3.05) is 10.6 Å². The lowest BCUT2D eigenvalue weighted by Gasteiger charge is -2.23. The summed E-state index contributed by atoms with van der Waals surface area (Å²) in [6.07, 6.45) is 0.846. The number of amides is 1. The number of hydrogen-bond acceptors (Lipinski definition) is 2. The maximum Gasteiger partial charge on any atom is 0.258 e. The third-order valence-corrected chi connectivity index (χ3v) is 4.81. The fraction of sp³-hybridized carbons (Fsp3) is 0.235. The van der Waals surface area contributed by atoms with Crippen molar-refractivity contribution in [3.63, 3.8) is 0 Å². The van der Waals surface area contributed by atoms with Crippen LogP contribution >= 0.6 is 15.9 Å². The summed E-state index contributed by atoms with van der Waals surface area (Å²) < 4.78 is 0.956. The molecule has 3 rings (SSSR count). The Morgan fingerprint density at radius 2 is 2.05 bits per heavy atom. The zero-order chi connectivity index (χ0) is 15.1. The van der Waals surface area contributed by atoms with E-state index in [-0.39, 0.29) is 11.9 Å². The first-order valence-electron chi connectivity index (χ1n) is 6.95. The maximum absolute atomic E-state index is 12.8. The van der Waals surface area contributed by atoms with Gasteiger partial charge in [-0.1, -0.05) is 22.0 Å². The molecule has 108 valence electrons. The van der Waals surface area contributed by atoms with Crippen LogP contribution in [0.3, 0.4) is 0 Å². The zero-order valence-electron chi connectivity index (χ0n) is 12.1. The summed E-state index contributed by atoms with van der Waals surface area (Å²) in [5, 5.41) is 0. The van der Waals surface area contributed by atoms with Gasteiger partial charge >= 0.3 is 0 Å². The van der Waals surface area contributed by atoms with E-state index in [4.69, 9.17) is 5.73 Å². The quantitative estimate of drug-likeness (QED) is 0.796. The molecule has 2 aromatic carbocycles. The van der Waals surface area contributed by atoms with E-state index in [2.05, 4.69) is 22.9 Å². The van der Waals surface area contributed by atoms with Gasteiger partial charge in [0.2, 0.25) is 0 Å². The molecule has 1 atom stereocenters. The molecule has 4 heteroatoms. The Morgan fingerprint density at radius 1 is 1.29 bits per heavy atom. The SMILES string of the molecule is Cc1ccc(C(=O)N2c3ccc(N)cc3CC2C)cc1Br. The molecule has 2 N–H and O–H groups in total. The lowest BCUT2D eigenvalue weighted by molar-refractivity contribution is 0.0981. The Labute approximate surface area is 132 Å². The van der Waals surface area contributed by atoms with Gasteiger partial charge in [-0.05, 0) is 61.7 Å². The molecule has 2 aromatic rings. The summed E-state index contributed by atoms with van der Waals surface area (Å²) >= 11 is 3.49.